The Kier molecular flexibility index (Phi) is 1.75. The number of nitrogens with zero attached hydrogens (tertiary/aromatic N) is 5. The lowest BCUT2D eigenvalue weighted by Gasteiger charge is -1.92. The quantitative estimate of drug-likeness (QED) is 0.610. The topological polar surface area (TPSA) is 56.0 Å². The fraction of sp³-hybridized carbons (Fsp3) is 0.167. The molecule has 0 unspecified atom stereocenters. The highest BCUT2D eigenvalue weighted by atomic mass is 32.1. The minimum atomic E-state index is 0.642. The molecule has 0 aliphatic rings. The van der Waals surface area contributed by atoms with Crippen LogP contribution in [0.2, 0.25) is 0 Å². The van der Waals surface area contributed by atoms with Gasteiger partial charge in [-0.25, -0.2) is 0 Å². The van der Waals surface area contributed by atoms with Crippen molar-refractivity contribution in [2.24, 2.45) is 0 Å². The summed E-state index contributed by atoms with van der Waals surface area (Å²) in [6.07, 6.45) is 0.658. The van der Waals surface area contributed by atoms with Gasteiger partial charge in [-0.15, -0.1) is 9.73 Å². The van der Waals surface area contributed by atoms with Crippen molar-refractivity contribution in [3.8, 4) is 0 Å². The highest BCUT2D eigenvalue weighted by molar-refractivity contribution is 7.78. The van der Waals surface area contributed by atoms with E-state index in [9.17, 15) is 0 Å². The summed E-state index contributed by atoms with van der Waals surface area (Å²) in [4.78, 5) is 0. The lowest BCUT2D eigenvalue weighted by Crippen LogP contribution is -1.99. The molecule has 2 aromatic heterocycles. The van der Waals surface area contributed by atoms with Gasteiger partial charge in [0.15, 0.2) is 5.65 Å². The number of aromatic nitrogens is 5. The van der Waals surface area contributed by atoms with E-state index in [-0.39, 0.29) is 0 Å². The molecule has 2 rings (SSSR count). The fourth-order valence-corrected chi connectivity index (χ4v) is 1.05. The first kappa shape index (κ1) is 7.23. The van der Waals surface area contributed by atoms with Gasteiger partial charge in [-0.1, -0.05) is 12.2 Å². The van der Waals surface area contributed by atoms with Crippen molar-refractivity contribution >= 4 is 23.2 Å². The first-order valence-electron chi connectivity index (χ1n) is 3.38. The van der Waals surface area contributed by atoms with E-state index in [1.54, 1.807) is 11.4 Å². The molecular formula is C6H5N5S. The molecular weight excluding hydrogens is 174 g/mol. The van der Waals surface area contributed by atoms with Crippen molar-refractivity contribution in [3.63, 3.8) is 0 Å². The second kappa shape index (κ2) is 2.90. The Hall–Kier alpha value is -1.43. The zero-order valence-corrected chi connectivity index (χ0v) is 6.90. The van der Waals surface area contributed by atoms with Gasteiger partial charge in [-0.2, -0.15) is 5.10 Å². The van der Waals surface area contributed by atoms with Crippen molar-refractivity contribution in [2.45, 2.75) is 6.42 Å². The highest BCUT2D eigenvalue weighted by Crippen LogP contribution is 1.97. The van der Waals surface area contributed by atoms with Gasteiger partial charge in [0.1, 0.15) is 0 Å². The summed E-state index contributed by atoms with van der Waals surface area (Å²) in [6.45, 7) is 0. The van der Waals surface area contributed by atoms with E-state index in [0.29, 0.717) is 12.1 Å². The molecule has 6 heteroatoms. The summed E-state index contributed by atoms with van der Waals surface area (Å²) in [7, 11) is 0. The molecule has 0 saturated heterocycles. The molecule has 5 nitrogen and oxygen atoms in total. The van der Waals surface area contributed by atoms with Crippen LogP contribution in [0.3, 0.4) is 0 Å². The average molecular weight is 179 g/mol. The monoisotopic (exact) mass is 179 g/mol. The van der Waals surface area contributed by atoms with E-state index in [0.717, 1.165) is 5.69 Å². The first-order valence-corrected chi connectivity index (χ1v) is 3.85. The maximum absolute atomic E-state index is 4.71. The van der Waals surface area contributed by atoms with Gasteiger partial charge in [0, 0.05) is 6.42 Å². The SMILES string of the molecule is S=CCc1ccc2nnnn2n1. The summed E-state index contributed by atoms with van der Waals surface area (Å²) in [5.41, 5.74) is 1.51. The summed E-state index contributed by atoms with van der Waals surface area (Å²) in [5.74, 6) is 0. The van der Waals surface area contributed by atoms with E-state index in [1.807, 2.05) is 6.07 Å². The Morgan fingerprint density at radius 2 is 2.42 bits per heavy atom. The average Bonchev–Trinajstić information content (AvgIpc) is 2.51. The van der Waals surface area contributed by atoms with Crippen LogP contribution in [0.1, 0.15) is 5.69 Å². The summed E-state index contributed by atoms with van der Waals surface area (Å²) < 4.78 is 1.38. The van der Waals surface area contributed by atoms with E-state index in [2.05, 4.69) is 20.6 Å². The van der Waals surface area contributed by atoms with Crippen LogP contribution >= 0.6 is 12.2 Å². The van der Waals surface area contributed by atoms with Gasteiger partial charge >= 0.3 is 0 Å². The molecule has 0 spiro atoms. The van der Waals surface area contributed by atoms with Crippen LogP contribution in [0.5, 0.6) is 0 Å². The van der Waals surface area contributed by atoms with Crippen LogP contribution in [-0.2, 0) is 6.42 Å². The third kappa shape index (κ3) is 1.16. The molecule has 2 aromatic rings. The molecule has 60 valence electrons. The van der Waals surface area contributed by atoms with Gasteiger partial charge in [0.2, 0.25) is 0 Å². The number of hydrogen-bond acceptors (Lipinski definition) is 5. The maximum Gasteiger partial charge on any atom is 0.199 e. The minimum Gasteiger partial charge on any atom is -0.152 e. The Morgan fingerprint density at radius 3 is 3.25 bits per heavy atom. The molecule has 0 radical (unpaired) electrons. The van der Waals surface area contributed by atoms with Crippen molar-refractivity contribution < 1.29 is 0 Å². The Labute approximate surface area is 73.4 Å². The lowest BCUT2D eigenvalue weighted by atomic mass is 10.3. The van der Waals surface area contributed by atoms with Crippen molar-refractivity contribution in [3.05, 3.63) is 17.8 Å². The fourth-order valence-electron chi connectivity index (χ4n) is 0.881. The third-order valence-corrected chi connectivity index (χ3v) is 1.58. The standard InChI is InChI=1S/C6H5N5S/c12-4-3-5-1-2-6-7-9-10-11(6)8-5/h1-2,4H,3H2. The molecule has 12 heavy (non-hydrogen) atoms. The summed E-state index contributed by atoms with van der Waals surface area (Å²) in [6, 6.07) is 3.66. The van der Waals surface area contributed by atoms with Crippen LogP contribution in [0.25, 0.3) is 5.65 Å². The molecule has 0 bridgehead atoms. The molecule has 0 aromatic carbocycles. The molecule has 0 atom stereocenters. The van der Waals surface area contributed by atoms with Crippen LogP contribution in [0.4, 0.5) is 0 Å². The predicted octanol–water partition coefficient (Wildman–Crippen LogP) is 0.0615. The van der Waals surface area contributed by atoms with E-state index < -0.39 is 0 Å². The van der Waals surface area contributed by atoms with Gasteiger partial charge in [0.05, 0.1) is 5.69 Å². The molecule has 0 aliphatic carbocycles. The van der Waals surface area contributed by atoms with Crippen LogP contribution in [-0.4, -0.2) is 30.6 Å². The van der Waals surface area contributed by atoms with Gasteiger partial charge in [-0.3, -0.25) is 0 Å². The summed E-state index contributed by atoms with van der Waals surface area (Å²) >= 11 is 4.71. The van der Waals surface area contributed by atoms with Crippen molar-refractivity contribution in [2.75, 3.05) is 0 Å². The third-order valence-electron chi connectivity index (χ3n) is 1.42. The second-order valence-electron chi connectivity index (χ2n) is 2.22. The number of hydrogen-bond donors (Lipinski definition) is 0. The van der Waals surface area contributed by atoms with Crippen molar-refractivity contribution in [1.82, 2.24) is 25.3 Å². The predicted molar refractivity (Wildman–Crippen MR) is 45.9 cm³/mol. The number of thiocarbonyl (C=S) groups is 1. The van der Waals surface area contributed by atoms with Gasteiger partial charge in [-0.05, 0) is 27.9 Å². The normalized spacial score (nSPS) is 10.3. The van der Waals surface area contributed by atoms with Gasteiger partial charge < -0.3 is 0 Å². The van der Waals surface area contributed by atoms with E-state index >= 15 is 0 Å². The molecule has 0 fully saturated rings. The molecule has 0 amide bonds. The second-order valence-corrected chi connectivity index (χ2v) is 2.56. The minimum absolute atomic E-state index is 0.642. The maximum atomic E-state index is 4.71. The van der Waals surface area contributed by atoms with Gasteiger partial charge in [0.25, 0.3) is 0 Å². The van der Waals surface area contributed by atoms with E-state index in [4.69, 9.17) is 12.2 Å². The smallest absolute Gasteiger partial charge is 0.152 e. The largest absolute Gasteiger partial charge is 0.199 e. The van der Waals surface area contributed by atoms with Crippen LogP contribution in [0.15, 0.2) is 12.1 Å². The molecule has 0 aliphatic heterocycles. The highest BCUT2D eigenvalue weighted by Gasteiger charge is 1.98. The number of rotatable bonds is 2. The first-order chi connectivity index (χ1) is 5.90. The van der Waals surface area contributed by atoms with Crippen LogP contribution in [0, 0.1) is 0 Å². The zero-order valence-electron chi connectivity index (χ0n) is 6.08. The lowest BCUT2D eigenvalue weighted by molar-refractivity contribution is 0.719. The Morgan fingerprint density at radius 1 is 1.50 bits per heavy atom. The van der Waals surface area contributed by atoms with Crippen LogP contribution < -0.4 is 0 Å². The molecule has 0 N–H and O–H groups in total. The number of fused-ring (bicyclic) bond motifs is 1. The van der Waals surface area contributed by atoms with Crippen molar-refractivity contribution in [1.29, 1.82) is 0 Å². The van der Waals surface area contributed by atoms with E-state index in [1.165, 1.54) is 4.63 Å². The Balaban J connectivity index is 2.52. The Bertz CT molecular complexity index is 409. The zero-order chi connectivity index (χ0) is 8.39. The molecule has 0 saturated carbocycles. The summed E-state index contributed by atoms with van der Waals surface area (Å²) in [5, 5.41) is 16.6. The molecule has 2 heterocycles. The number of tetrazole rings is 1.